The van der Waals surface area contributed by atoms with Crippen LogP contribution in [0, 0.1) is 6.92 Å². The highest BCUT2D eigenvalue weighted by molar-refractivity contribution is 5.99. The molecule has 0 bridgehead atoms. The Bertz CT molecular complexity index is 726. The highest BCUT2D eigenvalue weighted by Gasteiger charge is 2.42. The first-order chi connectivity index (χ1) is 12.1. The number of anilines is 1. The molecule has 130 valence electrons. The fourth-order valence-electron chi connectivity index (χ4n) is 3.54. The van der Waals surface area contributed by atoms with Gasteiger partial charge in [0.1, 0.15) is 12.4 Å². The summed E-state index contributed by atoms with van der Waals surface area (Å²) >= 11 is 0. The van der Waals surface area contributed by atoms with Gasteiger partial charge in [-0.2, -0.15) is 0 Å². The van der Waals surface area contributed by atoms with Crippen LogP contribution in [0.3, 0.4) is 0 Å². The van der Waals surface area contributed by atoms with Crippen molar-refractivity contribution in [2.75, 3.05) is 11.9 Å². The Kier molecular flexibility index (Phi) is 5.22. The van der Waals surface area contributed by atoms with Gasteiger partial charge in [0, 0.05) is 5.69 Å². The van der Waals surface area contributed by atoms with Crippen LogP contribution in [0.1, 0.15) is 36.8 Å². The van der Waals surface area contributed by atoms with Gasteiger partial charge in [-0.15, -0.1) is 0 Å². The third-order valence-electron chi connectivity index (χ3n) is 4.98. The van der Waals surface area contributed by atoms with E-state index in [4.69, 9.17) is 4.74 Å². The number of amides is 1. The van der Waals surface area contributed by atoms with Crippen molar-refractivity contribution in [3.8, 4) is 5.75 Å². The summed E-state index contributed by atoms with van der Waals surface area (Å²) in [6, 6.07) is 15.9. The monoisotopic (exact) mass is 335 g/mol. The highest BCUT2D eigenvalue weighted by Crippen LogP contribution is 2.42. The minimum absolute atomic E-state index is 0.0913. The van der Waals surface area contributed by atoms with Crippen molar-refractivity contribution in [1.82, 2.24) is 0 Å². The first kappa shape index (κ1) is 17.3. The molecule has 1 aliphatic carbocycles. The minimum atomic E-state index is -0.411. The molecule has 2 aromatic carbocycles. The van der Waals surface area contributed by atoms with Gasteiger partial charge in [-0.05, 0) is 49.6 Å². The fourth-order valence-corrected chi connectivity index (χ4v) is 3.54. The molecule has 1 amide bonds. The second-order valence-corrected chi connectivity index (χ2v) is 6.73. The van der Waals surface area contributed by atoms with Crippen LogP contribution in [0.15, 0.2) is 61.2 Å². The molecule has 1 aliphatic rings. The molecule has 0 unspecified atom stereocenters. The zero-order valence-electron chi connectivity index (χ0n) is 14.8. The summed E-state index contributed by atoms with van der Waals surface area (Å²) in [5.41, 5.74) is 2.73. The molecule has 0 aliphatic heterocycles. The molecule has 2 aromatic rings. The molecule has 1 N–H and O–H groups in total. The largest absolute Gasteiger partial charge is 0.490 e. The fraction of sp³-hybridized carbons (Fsp3) is 0.318. The number of aryl methyl sites for hydroxylation is 1. The van der Waals surface area contributed by atoms with Gasteiger partial charge in [0.15, 0.2) is 0 Å². The van der Waals surface area contributed by atoms with Crippen molar-refractivity contribution >= 4 is 11.6 Å². The summed E-state index contributed by atoms with van der Waals surface area (Å²) in [7, 11) is 0. The molecule has 3 rings (SSSR count). The molecule has 25 heavy (non-hydrogen) atoms. The van der Waals surface area contributed by atoms with Gasteiger partial charge in [0.25, 0.3) is 0 Å². The van der Waals surface area contributed by atoms with Crippen LogP contribution < -0.4 is 10.1 Å². The van der Waals surface area contributed by atoms with Crippen LogP contribution in [0.4, 0.5) is 5.69 Å². The van der Waals surface area contributed by atoms with Gasteiger partial charge >= 0.3 is 0 Å². The summed E-state index contributed by atoms with van der Waals surface area (Å²) in [6.45, 7) is 6.18. The number of hydrogen-bond donors (Lipinski definition) is 1. The van der Waals surface area contributed by atoms with E-state index in [1.54, 1.807) is 6.08 Å². The standard InChI is InChI=1S/C22H25NO2/c1-3-16-25-20-12-10-19(11-13-20)23-21(24)22(14-4-5-15-22)18-8-6-17(2)7-9-18/h3,6-13H,1,4-5,14-16H2,2H3,(H,23,24). The van der Waals surface area contributed by atoms with Crippen LogP contribution in [0.5, 0.6) is 5.75 Å². The first-order valence-corrected chi connectivity index (χ1v) is 8.86. The zero-order chi connectivity index (χ0) is 17.7. The average molecular weight is 335 g/mol. The zero-order valence-corrected chi connectivity index (χ0v) is 14.8. The van der Waals surface area contributed by atoms with Crippen LogP contribution >= 0.6 is 0 Å². The van der Waals surface area contributed by atoms with Gasteiger partial charge in [-0.25, -0.2) is 0 Å². The second-order valence-electron chi connectivity index (χ2n) is 6.73. The lowest BCUT2D eigenvalue weighted by molar-refractivity contribution is -0.121. The quantitative estimate of drug-likeness (QED) is 0.754. The van der Waals surface area contributed by atoms with E-state index >= 15 is 0 Å². The molecular weight excluding hydrogens is 310 g/mol. The second kappa shape index (κ2) is 7.56. The van der Waals surface area contributed by atoms with Crippen molar-refractivity contribution in [2.24, 2.45) is 0 Å². The predicted molar refractivity (Wildman–Crippen MR) is 102 cm³/mol. The van der Waals surface area contributed by atoms with Crippen molar-refractivity contribution in [2.45, 2.75) is 38.0 Å². The van der Waals surface area contributed by atoms with E-state index in [0.717, 1.165) is 42.7 Å². The summed E-state index contributed by atoms with van der Waals surface area (Å²) in [5, 5.41) is 3.11. The third-order valence-corrected chi connectivity index (χ3v) is 4.98. The third kappa shape index (κ3) is 3.76. The van der Waals surface area contributed by atoms with Gasteiger partial charge in [0.05, 0.1) is 5.41 Å². The summed E-state index contributed by atoms with van der Waals surface area (Å²) < 4.78 is 5.48. The van der Waals surface area contributed by atoms with E-state index in [-0.39, 0.29) is 5.91 Å². The molecule has 0 aromatic heterocycles. The first-order valence-electron chi connectivity index (χ1n) is 8.86. The molecule has 0 radical (unpaired) electrons. The molecule has 0 saturated heterocycles. The maximum absolute atomic E-state index is 13.1. The van der Waals surface area contributed by atoms with Crippen molar-refractivity contribution in [3.05, 3.63) is 72.3 Å². The van der Waals surface area contributed by atoms with Crippen LogP contribution in [-0.4, -0.2) is 12.5 Å². The van der Waals surface area contributed by atoms with Gasteiger partial charge < -0.3 is 10.1 Å². The molecule has 1 saturated carbocycles. The Morgan fingerprint density at radius 1 is 1.12 bits per heavy atom. The van der Waals surface area contributed by atoms with Crippen LogP contribution in [0.25, 0.3) is 0 Å². The van der Waals surface area contributed by atoms with Crippen LogP contribution in [-0.2, 0) is 10.2 Å². The lowest BCUT2D eigenvalue weighted by Crippen LogP contribution is -2.37. The Balaban J connectivity index is 1.77. The van der Waals surface area contributed by atoms with E-state index in [9.17, 15) is 4.79 Å². The maximum atomic E-state index is 13.1. The lowest BCUT2D eigenvalue weighted by atomic mass is 9.77. The van der Waals surface area contributed by atoms with Crippen molar-refractivity contribution in [3.63, 3.8) is 0 Å². The molecule has 0 heterocycles. The molecule has 1 fully saturated rings. The normalized spacial score (nSPS) is 15.6. The number of carbonyl (C=O) groups excluding carboxylic acids is 1. The Morgan fingerprint density at radius 3 is 2.36 bits per heavy atom. The summed E-state index contributed by atoms with van der Waals surface area (Å²) in [4.78, 5) is 13.1. The Hall–Kier alpha value is -2.55. The summed E-state index contributed by atoms with van der Waals surface area (Å²) in [6.07, 6.45) is 5.71. The SMILES string of the molecule is C=CCOc1ccc(NC(=O)C2(c3ccc(C)cc3)CCCC2)cc1. The van der Waals surface area contributed by atoms with E-state index in [2.05, 4.69) is 43.1 Å². The van der Waals surface area contributed by atoms with E-state index in [0.29, 0.717) is 6.61 Å². The number of nitrogens with one attached hydrogen (secondary N) is 1. The van der Waals surface area contributed by atoms with E-state index in [1.165, 1.54) is 5.56 Å². The summed E-state index contributed by atoms with van der Waals surface area (Å²) in [5.74, 6) is 0.862. The van der Waals surface area contributed by atoms with Crippen LogP contribution in [0.2, 0.25) is 0 Å². The topological polar surface area (TPSA) is 38.3 Å². The maximum Gasteiger partial charge on any atom is 0.235 e. The number of benzene rings is 2. The lowest BCUT2D eigenvalue weighted by Gasteiger charge is -2.28. The predicted octanol–water partition coefficient (Wildman–Crippen LogP) is 5.01. The number of rotatable bonds is 6. The van der Waals surface area contributed by atoms with Gasteiger partial charge in [-0.3, -0.25) is 4.79 Å². The Morgan fingerprint density at radius 2 is 1.76 bits per heavy atom. The molecule has 3 heteroatoms. The van der Waals surface area contributed by atoms with Crippen molar-refractivity contribution in [1.29, 1.82) is 0 Å². The average Bonchev–Trinajstić information content (AvgIpc) is 3.13. The van der Waals surface area contributed by atoms with Crippen molar-refractivity contribution < 1.29 is 9.53 Å². The number of ether oxygens (including phenoxy) is 1. The number of carbonyl (C=O) groups is 1. The minimum Gasteiger partial charge on any atom is -0.490 e. The molecular formula is C22H25NO2. The van der Waals surface area contributed by atoms with Gasteiger partial charge in [0.2, 0.25) is 5.91 Å². The number of hydrogen-bond acceptors (Lipinski definition) is 2. The molecule has 3 nitrogen and oxygen atoms in total. The molecule has 0 spiro atoms. The van der Waals surface area contributed by atoms with Gasteiger partial charge in [-0.1, -0.05) is 55.3 Å². The highest BCUT2D eigenvalue weighted by atomic mass is 16.5. The van der Waals surface area contributed by atoms with E-state index < -0.39 is 5.41 Å². The smallest absolute Gasteiger partial charge is 0.235 e. The Labute approximate surface area is 149 Å². The van der Waals surface area contributed by atoms with E-state index in [1.807, 2.05) is 24.3 Å². The molecule has 0 atom stereocenters.